The van der Waals surface area contributed by atoms with Crippen molar-refractivity contribution in [1.29, 1.82) is 0 Å². The molecule has 1 aliphatic rings. The van der Waals surface area contributed by atoms with Gasteiger partial charge in [0.1, 0.15) is 11.2 Å². The summed E-state index contributed by atoms with van der Waals surface area (Å²) >= 11 is 0. The van der Waals surface area contributed by atoms with Crippen molar-refractivity contribution in [3.05, 3.63) is 108 Å². The molecule has 0 spiro atoms. The van der Waals surface area contributed by atoms with Gasteiger partial charge in [-0.3, -0.25) is 0 Å². The van der Waals surface area contributed by atoms with Crippen LogP contribution in [0.2, 0.25) is 0 Å². The van der Waals surface area contributed by atoms with E-state index >= 15 is 0 Å². The topological polar surface area (TPSA) is 40.5 Å². The van der Waals surface area contributed by atoms with Crippen molar-refractivity contribution in [1.82, 2.24) is 0 Å². The molecule has 0 amide bonds. The van der Waals surface area contributed by atoms with E-state index in [1.807, 2.05) is 91.0 Å². The maximum atomic E-state index is 12.0. The van der Waals surface area contributed by atoms with E-state index in [2.05, 4.69) is 0 Å². The van der Waals surface area contributed by atoms with Crippen LogP contribution in [-0.4, -0.2) is 10.2 Å². The van der Waals surface area contributed by atoms with Gasteiger partial charge in [-0.05, 0) is 29.5 Å². The quantitative estimate of drug-likeness (QED) is 0.750. The van der Waals surface area contributed by atoms with Gasteiger partial charge in [0.05, 0.1) is 0 Å². The van der Waals surface area contributed by atoms with Crippen LogP contribution in [0.5, 0.6) is 0 Å². The largest absolute Gasteiger partial charge is 0.382 e. The summed E-state index contributed by atoms with van der Waals surface area (Å²) < 4.78 is 0. The fourth-order valence-corrected chi connectivity index (χ4v) is 4.34. The highest BCUT2D eigenvalue weighted by atomic mass is 16.4. The molecule has 2 heteroatoms. The molecule has 1 fully saturated rings. The van der Waals surface area contributed by atoms with Crippen molar-refractivity contribution in [2.45, 2.75) is 30.0 Å². The molecule has 2 N–H and O–H groups in total. The Kier molecular flexibility index (Phi) is 3.95. The molecule has 4 rings (SSSR count). The fraction of sp³-hybridized carbons (Fsp3) is 0.217. The third-order valence-corrected chi connectivity index (χ3v) is 5.60. The Morgan fingerprint density at radius 1 is 0.640 bits per heavy atom. The molecule has 25 heavy (non-hydrogen) atoms. The summed E-state index contributed by atoms with van der Waals surface area (Å²) in [5, 5.41) is 23.7. The minimum Gasteiger partial charge on any atom is -0.382 e. The first-order valence-corrected chi connectivity index (χ1v) is 8.77. The second-order valence-corrected chi connectivity index (χ2v) is 6.86. The lowest BCUT2D eigenvalue weighted by molar-refractivity contribution is -0.151. The van der Waals surface area contributed by atoms with Gasteiger partial charge in [0.25, 0.3) is 0 Å². The molecular weight excluding hydrogens is 308 g/mol. The van der Waals surface area contributed by atoms with Crippen LogP contribution in [0.15, 0.2) is 91.0 Å². The zero-order valence-electron chi connectivity index (χ0n) is 14.0. The molecule has 1 saturated carbocycles. The van der Waals surface area contributed by atoms with E-state index in [1.54, 1.807) is 0 Å². The predicted molar refractivity (Wildman–Crippen MR) is 99.1 cm³/mol. The van der Waals surface area contributed by atoms with Crippen LogP contribution >= 0.6 is 0 Å². The highest BCUT2D eigenvalue weighted by Crippen LogP contribution is 2.59. The Hall–Kier alpha value is -2.42. The van der Waals surface area contributed by atoms with Crippen LogP contribution in [0.25, 0.3) is 0 Å². The van der Waals surface area contributed by atoms with Gasteiger partial charge in [0.2, 0.25) is 0 Å². The van der Waals surface area contributed by atoms with Gasteiger partial charge >= 0.3 is 0 Å². The standard InChI is InChI=1S/C23H22O2/c24-22(19-12-6-2-7-13-19)17-16-21(18-10-4-1-5-11-18)23(22,25)20-14-8-3-9-15-20/h1-15,21,24-25H,16-17H2/t21-,22-,23+/m1/s1. The van der Waals surface area contributed by atoms with Gasteiger partial charge in [-0.1, -0.05) is 91.0 Å². The van der Waals surface area contributed by atoms with E-state index in [9.17, 15) is 10.2 Å². The third kappa shape index (κ3) is 2.41. The number of benzene rings is 3. The predicted octanol–water partition coefficient (Wildman–Crippen LogP) is 4.34. The van der Waals surface area contributed by atoms with Crippen LogP contribution in [0.1, 0.15) is 35.4 Å². The van der Waals surface area contributed by atoms with Crippen molar-refractivity contribution in [2.75, 3.05) is 0 Å². The molecule has 0 saturated heterocycles. The summed E-state index contributed by atoms with van der Waals surface area (Å²) in [6.45, 7) is 0. The molecule has 1 aliphatic carbocycles. The molecule has 126 valence electrons. The number of hydrogen-bond acceptors (Lipinski definition) is 2. The average Bonchev–Trinajstić information content (AvgIpc) is 2.97. The van der Waals surface area contributed by atoms with Crippen LogP contribution in [0.3, 0.4) is 0 Å². The van der Waals surface area contributed by atoms with Crippen molar-refractivity contribution in [3.8, 4) is 0 Å². The Morgan fingerprint density at radius 2 is 1.12 bits per heavy atom. The van der Waals surface area contributed by atoms with E-state index in [4.69, 9.17) is 0 Å². The summed E-state index contributed by atoms with van der Waals surface area (Å²) in [6, 6.07) is 29.2. The lowest BCUT2D eigenvalue weighted by atomic mass is 9.70. The Morgan fingerprint density at radius 3 is 1.68 bits per heavy atom. The molecule has 3 aromatic carbocycles. The first-order valence-electron chi connectivity index (χ1n) is 8.77. The van der Waals surface area contributed by atoms with Gasteiger partial charge in [0, 0.05) is 5.92 Å². The van der Waals surface area contributed by atoms with E-state index in [-0.39, 0.29) is 5.92 Å². The van der Waals surface area contributed by atoms with Gasteiger partial charge < -0.3 is 10.2 Å². The number of hydrogen-bond donors (Lipinski definition) is 2. The maximum absolute atomic E-state index is 12.0. The van der Waals surface area contributed by atoms with Crippen molar-refractivity contribution >= 4 is 0 Å². The summed E-state index contributed by atoms with van der Waals surface area (Å²) in [6.07, 6.45) is 1.24. The first-order chi connectivity index (χ1) is 12.2. The molecule has 3 atom stereocenters. The lowest BCUT2D eigenvalue weighted by Crippen LogP contribution is -2.48. The van der Waals surface area contributed by atoms with E-state index < -0.39 is 11.2 Å². The summed E-state index contributed by atoms with van der Waals surface area (Å²) in [7, 11) is 0. The molecule has 0 unspecified atom stereocenters. The minimum atomic E-state index is -1.38. The summed E-state index contributed by atoms with van der Waals surface area (Å²) in [5.74, 6) is -0.165. The SMILES string of the molecule is O[C@@]1(c2ccccc2)CC[C@H](c2ccccc2)[C@@]1(O)c1ccccc1. The summed E-state index contributed by atoms with van der Waals surface area (Å²) in [4.78, 5) is 0. The second kappa shape index (κ2) is 6.14. The molecule has 0 bridgehead atoms. The molecule has 0 aliphatic heterocycles. The number of rotatable bonds is 3. The minimum absolute atomic E-state index is 0.165. The second-order valence-electron chi connectivity index (χ2n) is 6.86. The van der Waals surface area contributed by atoms with E-state index in [1.165, 1.54) is 0 Å². The Bertz CT molecular complexity index is 832. The van der Waals surface area contributed by atoms with Gasteiger partial charge in [-0.15, -0.1) is 0 Å². The maximum Gasteiger partial charge on any atom is 0.129 e. The highest BCUT2D eigenvalue weighted by Gasteiger charge is 2.60. The van der Waals surface area contributed by atoms with Crippen LogP contribution in [0.4, 0.5) is 0 Å². The zero-order chi connectivity index (χ0) is 17.3. The normalized spacial score (nSPS) is 28.8. The van der Waals surface area contributed by atoms with Crippen molar-refractivity contribution in [2.24, 2.45) is 0 Å². The highest BCUT2D eigenvalue weighted by molar-refractivity contribution is 5.41. The van der Waals surface area contributed by atoms with Crippen molar-refractivity contribution < 1.29 is 10.2 Å². The Balaban J connectivity index is 1.92. The van der Waals surface area contributed by atoms with Crippen LogP contribution in [0, 0.1) is 0 Å². The average molecular weight is 330 g/mol. The zero-order valence-corrected chi connectivity index (χ0v) is 14.0. The smallest absolute Gasteiger partial charge is 0.129 e. The monoisotopic (exact) mass is 330 g/mol. The Labute approximate surface area is 148 Å². The molecule has 0 aromatic heterocycles. The molecule has 3 aromatic rings. The summed E-state index contributed by atoms with van der Waals surface area (Å²) in [5.41, 5.74) is -0.124. The molecule has 2 nitrogen and oxygen atoms in total. The molecule has 0 radical (unpaired) electrons. The first kappa shape index (κ1) is 16.1. The van der Waals surface area contributed by atoms with Crippen molar-refractivity contribution in [3.63, 3.8) is 0 Å². The van der Waals surface area contributed by atoms with Gasteiger partial charge in [-0.25, -0.2) is 0 Å². The van der Waals surface area contributed by atoms with Crippen LogP contribution < -0.4 is 0 Å². The third-order valence-electron chi connectivity index (χ3n) is 5.60. The van der Waals surface area contributed by atoms with E-state index in [0.717, 1.165) is 23.1 Å². The lowest BCUT2D eigenvalue weighted by Gasteiger charge is -2.42. The molecular formula is C23H22O2. The van der Waals surface area contributed by atoms with Gasteiger partial charge in [0.15, 0.2) is 0 Å². The van der Waals surface area contributed by atoms with Gasteiger partial charge in [-0.2, -0.15) is 0 Å². The number of aliphatic hydroxyl groups is 2. The van der Waals surface area contributed by atoms with Crippen LogP contribution in [-0.2, 0) is 11.2 Å². The fourth-order valence-electron chi connectivity index (χ4n) is 4.34. The van der Waals surface area contributed by atoms with E-state index in [0.29, 0.717) is 6.42 Å². The molecule has 0 heterocycles.